The highest BCUT2D eigenvalue weighted by atomic mass is 16.6. The minimum atomic E-state index is -0.511. The summed E-state index contributed by atoms with van der Waals surface area (Å²) in [6.45, 7) is 1.98. The van der Waals surface area contributed by atoms with Gasteiger partial charge in [0.15, 0.2) is 11.5 Å². The molecule has 0 atom stereocenters. The van der Waals surface area contributed by atoms with Crippen LogP contribution in [0.2, 0.25) is 0 Å². The molecule has 0 aliphatic carbocycles. The monoisotopic (exact) mass is 489 g/mol. The Morgan fingerprint density at radius 2 is 1.89 bits per heavy atom. The normalized spacial score (nSPS) is 13.4. The number of nitrogens with one attached hydrogen (secondary N) is 1. The van der Waals surface area contributed by atoms with Crippen molar-refractivity contribution in [3.63, 3.8) is 0 Å². The van der Waals surface area contributed by atoms with Crippen molar-refractivity contribution >= 4 is 23.6 Å². The summed E-state index contributed by atoms with van der Waals surface area (Å²) >= 11 is 0. The minimum Gasteiger partial charge on any atom is -0.493 e. The van der Waals surface area contributed by atoms with Crippen molar-refractivity contribution < 1.29 is 19.2 Å². The van der Waals surface area contributed by atoms with Crippen LogP contribution in [0.15, 0.2) is 65.9 Å². The fourth-order valence-corrected chi connectivity index (χ4v) is 3.80. The number of hydrazone groups is 1. The third kappa shape index (κ3) is 6.35. The van der Waals surface area contributed by atoms with Crippen LogP contribution in [-0.2, 0) is 6.61 Å². The molecule has 0 unspecified atom stereocenters. The van der Waals surface area contributed by atoms with Gasteiger partial charge < -0.3 is 14.4 Å². The number of aromatic nitrogens is 1. The SMILES string of the molecule is COc1cc(/C=N\Nc2ccc([N+](=O)[O-])cn2)ccc1OCc1ccc(C(=O)N2CCCCC2)cc1. The third-order valence-electron chi connectivity index (χ3n) is 5.78. The van der Waals surface area contributed by atoms with Crippen molar-refractivity contribution in [2.75, 3.05) is 25.6 Å². The lowest BCUT2D eigenvalue weighted by Gasteiger charge is -2.26. The van der Waals surface area contributed by atoms with E-state index in [1.54, 1.807) is 25.5 Å². The third-order valence-corrected chi connectivity index (χ3v) is 5.78. The molecular formula is C26H27N5O5. The highest BCUT2D eigenvalue weighted by Crippen LogP contribution is 2.28. The number of carbonyl (C=O) groups is 1. The Morgan fingerprint density at radius 3 is 2.56 bits per heavy atom. The van der Waals surface area contributed by atoms with E-state index >= 15 is 0 Å². The van der Waals surface area contributed by atoms with Gasteiger partial charge in [-0.25, -0.2) is 4.98 Å². The van der Waals surface area contributed by atoms with Crippen LogP contribution in [0.25, 0.3) is 0 Å². The Kier molecular flexibility index (Phi) is 8.07. The number of anilines is 1. The zero-order chi connectivity index (χ0) is 25.3. The molecule has 0 saturated carbocycles. The maximum absolute atomic E-state index is 12.6. The number of hydrogen-bond acceptors (Lipinski definition) is 8. The van der Waals surface area contributed by atoms with Gasteiger partial charge >= 0.3 is 0 Å². The van der Waals surface area contributed by atoms with Crippen molar-refractivity contribution in [2.24, 2.45) is 5.10 Å². The molecule has 1 aromatic heterocycles. The molecule has 10 nitrogen and oxygen atoms in total. The fourth-order valence-electron chi connectivity index (χ4n) is 3.80. The number of amides is 1. The number of piperidine rings is 1. The number of ether oxygens (including phenoxy) is 2. The van der Waals surface area contributed by atoms with Gasteiger partial charge in [0, 0.05) is 24.7 Å². The molecule has 2 aromatic carbocycles. The van der Waals surface area contributed by atoms with Crippen molar-refractivity contribution in [1.29, 1.82) is 0 Å². The first-order valence-corrected chi connectivity index (χ1v) is 11.6. The Balaban J connectivity index is 1.33. The summed E-state index contributed by atoms with van der Waals surface area (Å²) in [6.07, 6.45) is 6.06. The summed E-state index contributed by atoms with van der Waals surface area (Å²) in [6, 6.07) is 15.7. The van der Waals surface area contributed by atoms with E-state index in [0.717, 1.165) is 43.3 Å². The highest BCUT2D eigenvalue weighted by Gasteiger charge is 2.18. The molecule has 10 heteroatoms. The standard InChI is InChI=1S/C26H27N5O5/c1-35-24-15-20(16-28-29-25-12-10-22(17-27-25)31(33)34)7-11-23(24)36-18-19-5-8-21(9-6-19)26(32)30-13-3-2-4-14-30/h5-12,15-17H,2-4,13-14,18H2,1H3,(H,27,29)/b28-16-. The summed E-state index contributed by atoms with van der Waals surface area (Å²) in [4.78, 5) is 28.7. The van der Waals surface area contributed by atoms with Crippen LogP contribution < -0.4 is 14.9 Å². The van der Waals surface area contributed by atoms with Gasteiger partial charge in [0.25, 0.3) is 11.6 Å². The van der Waals surface area contributed by atoms with Gasteiger partial charge in [0.1, 0.15) is 18.6 Å². The van der Waals surface area contributed by atoms with Crippen LogP contribution in [0, 0.1) is 10.1 Å². The summed E-state index contributed by atoms with van der Waals surface area (Å²) in [5.41, 5.74) is 5.03. The highest BCUT2D eigenvalue weighted by molar-refractivity contribution is 5.94. The number of methoxy groups -OCH3 is 1. The summed E-state index contributed by atoms with van der Waals surface area (Å²) in [5.74, 6) is 1.59. The number of carbonyl (C=O) groups excluding carboxylic acids is 1. The molecule has 1 amide bonds. The molecule has 0 radical (unpaired) electrons. The molecule has 1 saturated heterocycles. The molecule has 1 aliphatic heterocycles. The van der Waals surface area contributed by atoms with Gasteiger partial charge in [0.05, 0.1) is 18.2 Å². The van der Waals surface area contributed by atoms with E-state index in [-0.39, 0.29) is 11.6 Å². The molecule has 3 aromatic rings. The lowest BCUT2D eigenvalue weighted by molar-refractivity contribution is -0.385. The topological polar surface area (TPSA) is 119 Å². The Labute approximate surface area is 208 Å². The second kappa shape index (κ2) is 11.8. The van der Waals surface area contributed by atoms with Crippen LogP contribution in [0.1, 0.15) is 40.7 Å². The first kappa shape index (κ1) is 24.6. The van der Waals surface area contributed by atoms with E-state index in [1.165, 1.54) is 18.6 Å². The lowest BCUT2D eigenvalue weighted by Crippen LogP contribution is -2.35. The van der Waals surface area contributed by atoms with Crippen LogP contribution in [0.4, 0.5) is 11.5 Å². The second-order valence-electron chi connectivity index (χ2n) is 8.28. The Bertz CT molecular complexity index is 1220. The van der Waals surface area contributed by atoms with Gasteiger partial charge in [-0.15, -0.1) is 0 Å². The fraction of sp³-hybridized carbons (Fsp3) is 0.269. The zero-order valence-corrected chi connectivity index (χ0v) is 19.9. The average molecular weight is 490 g/mol. The number of nitrogens with zero attached hydrogens (tertiary/aromatic N) is 4. The van der Waals surface area contributed by atoms with E-state index in [0.29, 0.717) is 29.5 Å². The van der Waals surface area contributed by atoms with E-state index in [4.69, 9.17) is 9.47 Å². The zero-order valence-electron chi connectivity index (χ0n) is 19.9. The first-order valence-electron chi connectivity index (χ1n) is 11.6. The Hall–Kier alpha value is -4.47. The van der Waals surface area contributed by atoms with Crippen molar-refractivity contribution in [3.8, 4) is 11.5 Å². The van der Waals surface area contributed by atoms with Crippen LogP contribution in [0.5, 0.6) is 11.5 Å². The molecule has 186 valence electrons. The van der Waals surface area contributed by atoms with Gasteiger partial charge in [-0.1, -0.05) is 12.1 Å². The second-order valence-corrected chi connectivity index (χ2v) is 8.28. The summed E-state index contributed by atoms with van der Waals surface area (Å²) < 4.78 is 11.4. The number of likely N-dealkylation sites (tertiary alicyclic amines) is 1. The molecule has 0 spiro atoms. The number of pyridine rings is 1. The van der Waals surface area contributed by atoms with Gasteiger partial charge in [0.2, 0.25) is 0 Å². The molecule has 4 rings (SSSR count). The van der Waals surface area contributed by atoms with E-state index in [1.807, 2.05) is 35.2 Å². The smallest absolute Gasteiger partial charge is 0.287 e. The maximum Gasteiger partial charge on any atom is 0.287 e. The molecule has 0 bridgehead atoms. The molecule has 36 heavy (non-hydrogen) atoms. The first-order chi connectivity index (χ1) is 17.5. The number of hydrogen-bond donors (Lipinski definition) is 1. The van der Waals surface area contributed by atoms with Crippen LogP contribution in [0.3, 0.4) is 0 Å². The van der Waals surface area contributed by atoms with Gasteiger partial charge in [-0.3, -0.25) is 20.3 Å². The summed E-state index contributed by atoms with van der Waals surface area (Å²) in [7, 11) is 1.56. The van der Waals surface area contributed by atoms with Gasteiger partial charge in [-0.2, -0.15) is 5.10 Å². The van der Waals surface area contributed by atoms with E-state index in [2.05, 4.69) is 15.5 Å². The average Bonchev–Trinajstić information content (AvgIpc) is 2.93. The van der Waals surface area contributed by atoms with E-state index < -0.39 is 4.92 Å². The maximum atomic E-state index is 12.6. The summed E-state index contributed by atoms with van der Waals surface area (Å²) in [5, 5.41) is 14.8. The molecule has 1 aliphatic rings. The minimum absolute atomic E-state index is 0.0833. The number of rotatable bonds is 9. The largest absolute Gasteiger partial charge is 0.493 e. The lowest BCUT2D eigenvalue weighted by atomic mass is 10.1. The van der Waals surface area contributed by atoms with Crippen LogP contribution in [-0.4, -0.2) is 47.1 Å². The molecule has 2 heterocycles. The predicted molar refractivity (Wildman–Crippen MR) is 136 cm³/mol. The van der Waals surface area contributed by atoms with Gasteiger partial charge in [-0.05, 0) is 66.8 Å². The van der Waals surface area contributed by atoms with Crippen molar-refractivity contribution in [3.05, 3.63) is 87.6 Å². The Morgan fingerprint density at radius 1 is 1.11 bits per heavy atom. The quantitative estimate of drug-likeness (QED) is 0.264. The predicted octanol–water partition coefficient (Wildman–Crippen LogP) is 4.65. The van der Waals surface area contributed by atoms with Crippen molar-refractivity contribution in [1.82, 2.24) is 9.88 Å². The number of benzene rings is 2. The molecule has 1 N–H and O–H groups in total. The van der Waals surface area contributed by atoms with E-state index in [9.17, 15) is 14.9 Å². The molecular weight excluding hydrogens is 462 g/mol. The molecule has 1 fully saturated rings. The van der Waals surface area contributed by atoms with Crippen molar-refractivity contribution in [2.45, 2.75) is 25.9 Å². The van der Waals surface area contributed by atoms with Crippen LogP contribution >= 0.6 is 0 Å². The number of nitro groups is 1.